The Morgan fingerprint density at radius 2 is 2.12 bits per heavy atom. The fraction of sp³-hybridized carbons (Fsp3) is 0.350. The Morgan fingerprint density at radius 3 is 2.77 bits per heavy atom. The van der Waals surface area contributed by atoms with Crippen LogP contribution in [0.5, 0.6) is 11.5 Å². The van der Waals surface area contributed by atoms with Gasteiger partial charge in [0.2, 0.25) is 0 Å². The number of methoxy groups -OCH3 is 1. The number of rotatable bonds is 3. The molecule has 2 aliphatic rings. The van der Waals surface area contributed by atoms with Crippen molar-refractivity contribution >= 4 is 11.8 Å². The number of ketones is 1. The lowest BCUT2D eigenvalue weighted by atomic mass is 9.72. The average Bonchev–Trinajstić information content (AvgIpc) is 2.60. The van der Waals surface area contributed by atoms with Crippen molar-refractivity contribution in [1.29, 1.82) is 5.26 Å². The number of nitrogens with zero attached hydrogens (tertiary/aromatic N) is 1. The molecular formula is C20H20N2O4. The Labute approximate surface area is 152 Å². The van der Waals surface area contributed by atoms with E-state index in [0.29, 0.717) is 29.2 Å². The third-order valence-corrected chi connectivity index (χ3v) is 4.73. The molecule has 3 rings (SSSR count). The van der Waals surface area contributed by atoms with Gasteiger partial charge < -0.3 is 14.8 Å². The highest BCUT2D eigenvalue weighted by atomic mass is 16.6. The third-order valence-electron chi connectivity index (χ3n) is 4.73. The number of esters is 1. The van der Waals surface area contributed by atoms with E-state index in [1.54, 1.807) is 18.2 Å². The van der Waals surface area contributed by atoms with Crippen LogP contribution < -0.4 is 14.8 Å². The molecule has 0 bridgehead atoms. The molecule has 0 saturated carbocycles. The molecule has 0 aromatic heterocycles. The molecule has 1 heterocycles. The van der Waals surface area contributed by atoms with Crippen LogP contribution in [0.4, 0.5) is 0 Å². The standard InChI is InChI=1S/C20H20N2O4/c1-11-14(10-21)19(20-15(22-11)5-4-6-16(20)24)13-7-8-17(26-12(2)23)18(9-13)25-3/h7-9,14,19,22H,1,4-6H2,2-3H3. The van der Waals surface area contributed by atoms with Crippen LogP contribution in [-0.2, 0) is 9.59 Å². The lowest BCUT2D eigenvalue weighted by molar-refractivity contribution is -0.132. The van der Waals surface area contributed by atoms with Gasteiger partial charge in [-0.2, -0.15) is 5.26 Å². The molecule has 2 unspecified atom stereocenters. The number of benzene rings is 1. The summed E-state index contributed by atoms with van der Waals surface area (Å²) < 4.78 is 10.5. The summed E-state index contributed by atoms with van der Waals surface area (Å²) >= 11 is 0. The maximum absolute atomic E-state index is 12.6. The summed E-state index contributed by atoms with van der Waals surface area (Å²) in [6, 6.07) is 7.38. The lowest BCUT2D eigenvalue weighted by Crippen LogP contribution is -2.36. The summed E-state index contributed by atoms with van der Waals surface area (Å²) in [5.41, 5.74) is 2.85. The van der Waals surface area contributed by atoms with Crippen LogP contribution in [0.1, 0.15) is 37.7 Å². The number of carbonyl (C=O) groups excluding carboxylic acids is 2. The number of nitrogens with one attached hydrogen (secondary N) is 1. The van der Waals surface area contributed by atoms with Crippen LogP contribution >= 0.6 is 0 Å². The van der Waals surface area contributed by atoms with Crippen molar-refractivity contribution in [2.45, 2.75) is 32.1 Å². The van der Waals surface area contributed by atoms with Crippen LogP contribution in [0.25, 0.3) is 0 Å². The number of hydrogen-bond acceptors (Lipinski definition) is 6. The fourth-order valence-corrected chi connectivity index (χ4v) is 3.62. The molecular weight excluding hydrogens is 332 g/mol. The Balaban J connectivity index is 2.12. The summed E-state index contributed by atoms with van der Waals surface area (Å²) in [4.78, 5) is 23.9. The van der Waals surface area contributed by atoms with Crippen LogP contribution in [0, 0.1) is 17.2 Å². The van der Waals surface area contributed by atoms with Crippen molar-refractivity contribution in [2.24, 2.45) is 5.92 Å². The van der Waals surface area contributed by atoms with E-state index in [1.165, 1.54) is 14.0 Å². The lowest BCUT2D eigenvalue weighted by Gasteiger charge is -2.36. The molecule has 1 N–H and O–H groups in total. The average molecular weight is 352 g/mol. The SMILES string of the molecule is C=C1NC2=C(C(=O)CCC2)C(c2ccc(OC(C)=O)c(OC)c2)C1C#N. The molecule has 1 aromatic carbocycles. The van der Waals surface area contributed by atoms with Crippen molar-refractivity contribution in [3.05, 3.63) is 47.3 Å². The van der Waals surface area contributed by atoms with Crippen LogP contribution in [-0.4, -0.2) is 18.9 Å². The van der Waals surface area contributed by atoms with E-state index in [0.717, 1.165) is 24.1 Å². The highest BCUT2D eigenvalue weighted by Crippen LogP contribution is 2.45. The molecule has 134 valence electrons. The number of Topliss-reactive ketones (excluding diaryl/α,β-unsaturated/α-hetero) is 1. The van der Waals surface area contributed by atoms with Crippen molar-refractivity contribution < 1.29 is 19.1 Å². The molecule has 1 aliphatic carbocycles. The van der Waals surface area contributed by atoms with Gasteiger partial charge in [-0.1, -0.05) is 12.6 Å². The molecule has 2 atom stereocenters. The molecule has 0 spiro atoms. The smallest absolute Gasteiger partial charge is 0.308 e. The largest absolute Gasteiger partial charge is 0.493 e. The molecule has 0 saturated heterocycles. The Morgan fingerprint density at radius 1 is 1.35 bits per heavy atom. The van der Waals surface area contributed by atoms with E-state index in [2.05, 4.69) is 18.0 Å². The van der Waals surface area contributed by atoms with Gasteiger partial charge in [0.25, 0.3) is 0 Å². The first-order valence-corrected chi connectivity index (χ1v) is 8.44. The molecule has 6 heteroatoms. The van der Waals surface area contributed by atoms with Crippen molar-refractivity contribution in [2.75, 3.05) is 7.11 Å². The number of hydrogen-bond donors (Lipinski definition) is 1. The van der Waals surface area contributed by atoms with E-state index < -0.39 is 17.8 Å². The minimum Gasteiger partial charge on any atom is -0.493 e. The zero-order valence-electron chi connectivity index (χ0n) is 14.8. The number of ether oxygens (including phenoxy) is 2. The van der Waals surface area contributed by atoms with Gasteiger partial charge >= 0.3 is 5.97 Å². The van der Waals surface area contributed by atoms with Gasteiger partial charge in [0.1, 0.15) is 0 Å². The number of carbonyl (C=O) groups is 2. The van der Waals surface area contributed by atoms with E-state index in [-0.39, 0.29) is 5.78 Å². The summed E-state index contributed by atoms with van der Waals surface area (Å²) in [5, 5.41) is 12.8. The van der Waals surface area contributed by atoms with E-state index in [9.17, 15) is 14.9 Å². The molecule has 1 aliphatic heterocycles. The van der Waals surface area contributed by atoms with Crippen molar-refractivity contribution in [1.82, 2.24) is 5.32 Å². The second-order valence-corrected chi connectivity index (χ2v) is 6.41. The molecule has 0 radical (unpaired) electrons. The second-order valence-electron chi connectivity index (χ2n) is 6.41. The summed E-state index contributed by atoms with van der Waals surface area (Å²) in [6.07, 6.45) is 2.03. The molecule has 6 nitrogen and oxygen atoms in total. The van der Waals surface area contributed by atoms with E-state index in [4.69, 9.17) is 9.47 Å². The maximum Gasteiger partial charge on any atom is 0.308 e. The quantitative estimate of drug-likeness (QED) is 0.665. The topological polar surface area (TPSA) is 88.4 Å². The van der Waals surface area contributed by atoms with Gasteiger partial charge in [0, 0.05) is 36.2 Å². The van der Waals surface area contributed by atoms with Crippen LogP contribution in [0.15, 0.2) is 41.7 Å². The third kappa shape index (κ3) is 3.08. The zero-order chi connectivity index (χ0) is 18.8. The van der Waals surface area contributed by atoms with Gasteiger partial charge in [-0.25, -0.2) is 0 Å². The number of nitriles is 1. The predicted octanol–water partition coefficient (Wildman–Crippen LogP) is 2.97. The van der Waals surface area contributed by atoms with Gasteiger partial charge in [0.05, 0.1) is 19.1 Å². The normalized spacial score (nSPS) is 22.2. The number of allylic oxidation sites excluding steroid dienone is 3. The maximum atomic E-state index is 12.6. The highest BCUT2D eigenvalue weighted by molar-refractivity contribution is 5.99. The highest BCUT2D eigenvalue weighted by Gasteiger charge is 2.40. The minimum absolute atomic E-state index is 0.0551. The van der Waals surface area contributed by atoms with Gasteiger partial charge in [-0.3, -0.25) is 9.59 Å². The zero-order valence-corrected chi connectivity index (χ0v) is 14.8. The van der Waals surface area contributed by atoms with Crippen LogP contribution in [0.3, 0.4) is 0 Å². The first-order valence-electron chi connectivity index (χ1n) is 8.44. The van der Waals surface area contributed by atoms with Gasteiger partial charge in [0.15, 0.2) is 17.3 Å². The first kappa shape index (κ1) is 17.7. The van der Waals surface area contributed by atoms with Crippen LogP contribution in [0.2, 0.25) is 0 Å². The molecule has 0 amide bonds. The van der Waals surface area contributed by atoms with Crippen molar-refractivity contribution in [3.8, 4) is 17.6 Å². The molecule has 1 aromatic rings. The van der Waals surface area contributed by atoms with Crippen molar-refractivity contribution in [3.63, 3.8) is 0 Å². The Kier molecular flexibility index (Phi) is 4.81. The summed E-state index contributed by atoms with van der Waals surface area (Å²) in [6.45, 7) is 5.29. The summed E-state index contributed by atoms with van der Waals surface area (Å²) in [5.74, 6) is -0.705. The minimum atomic E-state index is -0.569. The Hall–Kier alpha value is -3.07. The second kappa shape index (κ2) is 7.04. The van der Waals surface area contributed by atoms with Gasteiger partial charge in [-0.15, -0.1) is 0 Å². The van der Waals surface area contributed by atoms with Gasteiger partial charge in [-0.05, 0) is 30.5 Å². The predicted molar refractivity (Wildman–Crippen MR) is 94.3 cm³/mol. The molecule has 0 fully saturated rings. The fourth-order valence-electron chi connectivity index (χ4n) is 3.62. The molecule has 26 heavy (non-hydrogen) atoms. The summed E-state index contributed by atoms with van der Waals surface area (Å²) in [7, 11) is 1.48. The van der Waals surface area contributed by atoms with E-state index in [1.807, 2.05) is 0 Å². The van der Waals surface area contributed by atoms with E-state index >= 15 is 0 Å². The monoisotopic (exact) mass is 352 g/mol. The Bertz CT molecular complexity index is 863. The first-order chi connectivity index (χ1) is 12.5.